The highest BCUT2D eigenvalue weighted by Crippen LogP contribution is 2.30. The van der Waals surface area contributed by atoms with Gasteiger partial charge in [0.25, 0.3) is 0 Å². The van der Waals surface area contributed by atoms with Crippen LogP contribution in [0.5, 0.6) is 0 Å². The third-order valence-electron chi connectivity index (χ3n) is 2.01. The highest BCUT2D eigenvalue weighted by Gasteiger charge is 2.34. The van der Waals surface area contributed by atoms with E-state index in [1.165, 1.54) is 0 Å². The van der Waals surface area contributed by atoms with Crippen molar-refractivity contribution in [3.8, 4) is 0 Å². The van der Waals surface area contributed by atoms with E-state index in [4.69, 9.17) is 10.00 Å². The minimum atomic E-state index is -2.66. The molecule has 82 valence electrons. The Bertz CT molecular complexity index is 226. The SMILES string of the molecule is CCC(CC(C)(C)C(=O)O)O[P+](=O)O. The molecule has 0 aliphatic carbocycles. The van der Waals surface area contributed by atoms with E-state index in [0.29, 0.717) is 6.42 Å². The standard InChI is InChI=1S/C8H15O5P/c1-4-6(13-14(11)12)5-8(2,3)7(9)10/h6H,4-5H2,1-3H3,(H-,9,10,11,12)/p+1. The molecule has 0 aliphatic heterocycles. The number of hydrogen-bond acceptors (Lipinski definition) is 3. The zero-order valence-corrected chi connectivity index (χ0v) is 9.45. The summed E-state index contributed by atoms with van der Waals surface area (Å²) < 4.78 is 15.1. The van der Waals surface area contributed by atoms with Crippen LogP contribution in [0.15, 0.2) is 0 Å². The van der Waals surface area contributed by atoms with Crippen molar-refractivity contribution in [1.82, 2.24) is 0 Å². The van der Waals surface area contributed by atoms with Gasteiger partial charge in [0.15, 0.2) is 0 Å². The summed E-state index contributed by atoms with van der Waals surface area (Å²) in [4.78, 5) is 19.3. The molecule has 0 bridgehead atoms. The van der Waals surface area contributed by atoms with Gasteiger partial charge in [0.2, 0.25) is 0 Å². The van der Waals surface area contributed by atoms with Gasteiger partial charge in [0, 0.05) is 4.57 Å². The van der Waals surface area contributed by atoms with Gasteiger partial charge in [-0.2, -0.15) is 0 Å². The largest absolute Gasteiger partial charge is 0.694 e. The van der Waals surface area contributed by atoms with Crippen molar-refractivity contribution in [2.45, 2.75) is 39.7 Å². The first-order valence-corrected chi connectivity index (χ1v) is 5.49. The number of hydrogen-bond donors (Lipinski definition) is 2. The molecule has 0 saturated carbocycles. The van der Waals surface area contributed by atoms with Crippen molar-refractivity contribution in [2.75, 3.05) is 0 Å². The van der Waals surface area contributed by atoms with Gasteiger partial charge in [-0.3, -0.25) is 4.79 Å². The van der Waals surface area contributed by atoms with Crippen LogP contribution in [-0.4, -0.2) is 22.1 Å². The van der Waals surface area contributed by atoms with Gasteiger partial charge in [-0.15, -0.1) is 9.42 Å². The van der Waals surface area contributed by atoms with Crippen LogP contribution in [0.2, 0.25) is 0 Å². The van der Waals surface area contributed by atoms with Crippen LogP contribution in [0.1, 0.15) is 33.6 Å². The first-order valence-electron chi connectivity index (χ1n) is 4.36. The molecule has 0 aromatic carbocycles. The van der Waals surface area contributed by atoms with E-state index in [-0.39, 0.29) is 6.42 Å². The Morgan fingerprint density at radius 3 is 2.36 bits per heavy atom. The lowest BCUT2D eigenvalue weighted by Crippen LogP contribution is -2.29. The topological polar surface area (TPSA) is 83.8 Å². The Morgan fingerprint density at radius 2 is 2.07 bits per heavy atom. The average Bonchev–Trinajstić information content (AvgIpc) is 2.01. The summed E-state index contributed by atoms with van der Waals surface area (Å²) in [6, 6.07) is 0. The lowest BCUT2D eigenvalue weighted by molar-refractivity contribution is -0.148. The first-order chi connectivity index (χ1) is 6.29. The van der Waals surface area contributed by atoms with Crippen molar-refractivity contribution < 1.29 is 23.9 Å². The molecule has 0 heterocycles. The molecule has 0 aromatic rings. The highest BCUT2D eigenvalue weighted by atomic mass is 31.1. The molecule has 2 unspecified atom stereocenters. The van der Waals surface area contributed by atoms with Crippen molar-refractivity contribution in [2.24, 2.45) is 5.41 Å². The van der Waals surface area contributed by atoms with Crippen LogP contribution in [-0.2, 0) is 13.9 Å². The Hall–Kier alpha value is -0.510. The molecule has 0 spiro atoms. The molecule has 0 saturated heterocycles. The van der Waals surface area contributed by atoms with Crippen molar-refractivity contribution in [1.29, 1.82) is 0 Å². The number of carboxylic acids is 1. The molecule has 6 heteroatoms. The molecule has 14 heavy (non-hydrogen) atoms. The molecule has 0 rings (SSSR count). The molecule has 0 radical (unpaired) electrons. The van der Waals surface area contributed by atoms with Gasteiger partial charge in [0.05, 0.1) is 5.41 Å². The Labute approximate surface area is 84.0 Å². The first kappa shape index (κ1) is 13.5. The minimum absolute atomic E-state index is 0.223. The predicted octanol–water partition coefficient (Wildman–Crippen LogP) is 1.93. The molecular weight excluding hydrogens is 207 g/mol. The summed E-state index contributed by atoms with van der Waals surface area (Å²) in [5.41, 5.74) is -0.938. The van der Waals surface area contributed by atoms with Gasteiger partial charge >= 0.3 is 14.2 Å². The summed E-state index contributed by atoms with van der Waals surface area (Å²) in [6.45, 7) is 4.90. The highest BCUT2D eigenvalue weighted by molar-refractivity contribution is 7.32. The summed E-state index contributed by atoms with van der Waals surface area (Å²) in [5, 5.41) is 8.83. The summed E-state index contributed by atoms with van der Waals surface area (Å²) in [7, 11) is -2.66. The average molecular weight is 223 g/mol. The third kappa shape index (κ3) is 4.65. The molecule has 2 atom stereocenters. The Balaban J connectivity index is 4.30. The van der Waals surface area contributed by atoms with Crippen LogP contribution in [0.4, 0.5) is 0 Å². The molecule has 2 N–H and O–H groups in total. The van der Waals surface area contributed by atoms with Crippen LogP contribution in [0.3, 0.4) is 0 Å². The summed E-state index contributed by atoms with van der Waals surface area (Å²) >= 11 is 0. The van der Waals surface area contributed by atoms with Crippen molar-refractivity contribution >= 4 is 14.2 Å². The minimum Gasteiger partial charge on any atom is -0.481 e. The van der Waals surface area contributed by atoms with E-state index in [1.54, 1.807) is 20.8 Å². The lowest BCUT2D eigenvalue weighted by Gasteiger charge is -2.21. The van der Waals surface area contributed by atoms with E-state index in [2.05, 4.69) is 4.52 Å². The van der Waals surface area contributed by atoms with Gasteiger partial charge in [0.1, 0.15) is 6.10 Å². The van der Waals surface area contributed by atoms with Gasteiger partial charge in [-0.1, -0.05) is 6.92 Å². The normalized spacial score (nSPS) is 15.0. The maximum Gasteiger partial charge on any atom is 0.694 e. The fourth-order valence-corrected chi connectivity index (χ4v) is 1.52. The maximum absolute atomic E-state index is 10.8. The summed E-state index contributed by atoms with van der Waals surface area (Å²) in [6.07, 6.45) is 0.244. The zero-order chi connectivity index (χ0) is 11.4. The van der Waals surface area contributed by atoms with Gasteiger partial charge in [-0.25, -0.2) is 0 Å². The van der Waals surface area contributed by atoms with E-state index < -0.39 is 25.7 Å². The fourth-order valence-electron chi connectivity index (χ4n) is 1.04. The van der Waals surface area contributed by atoms with Crippen molar-refractivity contribution in [3.63, 3.8) is 0 Å². The van der Waals surface area contributed by atoms with Crippen LogP contribution in [0, 0.1) is 5.41 Å². The van der Waals surface area contributed by atoms with E-state index in [9.17, 15) is 9.36 Å². The number of aliphatic carboxylic acids is 1. The molecular formula is C8H16O5P+. The molecule has 0 aromatic heterocycles. The molecule has 5 nitrogen and oxygen atoms in total. The summed E-state index contributed by atoms with van der Waals surface area (Å²) in [5.74, 6) is -0.937. The van der Waals surface area contributed by atoms with Gasteiger partial charge < -0.3 is 5.11 Å². The maximum atomic E-state index is 10.8. The number of carbonyl (C=O) groups is 1. The van der Waals surface area contributed by atoms with Gasteiger partial charge in [-0.05, 0) is 26.7 Å². The van der Waals surface area contributed by atoms with Crippen LogP contribution >= 0.6 is 8.25 Å². The van der Waals surface area contributed by atoms with Crippen LogP contribution < -0.4 is 0 Å². The molecule has 0 aliphatic rings. The third-order valence-corrected chi connectivity index (χ3v) is 2.49. The fraction of sp³-hybridized carbons (Fsp3) is 0.875. The van der Waals surface area contributed by atoms with E-state index >= 15 is 0 Å². The second-order valence-electron chi connectivity index (χ2n) is 3.77. The zero-order valence-electron chi connectivity index (χ0n) is 8.56. The van der Waals surface area contributed by atoms with Crippen molar-refractivity contribution in [3.05, 3.63) is 0 Å². The molecule has 0 amide bonds. The monoisotopic (exact) mass is 223 g/mol. The Kier molecular flexibility index (Phi) is 5.19. The molecule has 0 fully saturated rings. The van der Waals surface area contributed by atoms with E-state index in [1.807, 2.05) is 0 Å². The second kappa shape index (κ2) is 5.39. The van der Waals surface area contributed by atoms with Crippen LogP contribution in [0.25, 0.3) is 0 Å². The second-order valence-corrected chi connectivity index (χ2v) is 4.45. The quantitative estimate of drug-likeness (QED) is 0.672. The Morgan fingerprint density at radius 1 is 1.57 bits per heavy atom. The van der Waals surface area contributed by atoms with E-state index in [0.717, 1.165) is 0 Å². The predicted molar refractivity (Wildman–Crippen MR) is 51.0 cm³/mol. The number of carboxylic acid groups (broad SMARTS) is 1. The number of rotatable bonds is 6. The smallest absolute Gasteiger partial charge is 0.481 e. The lowest BCUT2D eigenvalue weighted by atomic mass is 9.86.